The zero-order chi connectivity index (χ0) is 19.8. The van der Waals surface area contributed by atoms with Crippen LogP contribution in [0, 0.1) is 19.8 Å². The summed E-state index contributed by atoms with van der Waals surface area (Å²) in [5.74, 6) is 0.638. The van der Waals surface area contributed by atoms with Crippen LogP contribution in [-0.2, 0) is 9.59 Å². The molecule has 0 N–H and O–H groups in total. The fourth-order valence-electron chi connectivity index (χ4n) is 3.88. The normalized spacial score (nSPS) is 22.2. The number of nitrogens with zero attached hydrogens (tertiary/aromatic N) is 2. The van der Waals surface area contributed by atoms with Gasteiger partial charge in [0.1, 0.15) is 5.37 Å². The number of hydrogen-bond donors (Lipinski definition) is 0. The van der Waals surface area contributed by atoms with E-state index in [1.165, 1.54) is 5.56 Å². The minimum atomic E-state index is -0.308. The highest BCUT2D eigenvalue weighted by Crippen LogP contribution is 2.42. The van der Waals surface area contributed by atoms with Gasteiger partial charge in [-0.05, 0) is 43.2 Å². The van der Waals surface area contributed by atoms with E-state index in [2.05, 4.69) is 6.92 Å². The van der Waals surface area contributed by atoms with Crippen LogP contribution in [0.25, 0.3) is 0 Å². The van der Waals surface area contributed by atoms with Gasteiger partial charge >= 0.3 is 0 Å². The second-order valence-corrected chi connectivity index (χ2v) is 9.05. The minimum Gasteiger partial charge on any atom is -0.325 e. The molecule has 28 heavy (non-hydrogen) atoms. The Balaban J connectivity index is 1.53. The van der Waals surface area contributed by atoms with Crippen LogP contribution in [0.15, 0.2) is 42.5 Å². The fourth-order valence-corrected chi connectivity index (χ4v) is 5.48. The van der Waals surface area contributed by atoms with Crippen molar-refractivity contribution in [1.29, 1.82) is 0 Å². The van der Waals surface area contributed by atoms with Crippen LogP contribution in [0.2, 0.25) is 5.02 Å². The van der Waals surface area contributed by atoms with Crippen LogP contribution >= 0.6 is 23.4 Å². The molecule has 2 atom stereocenters. The molecule has 2 aliphatic heterocycles. The minimum absolute atomic E-state index is 0.0164. The standard InChI is InChI=1S/C22H23ClN2O2S/c1-14-7-8-17(11-15(14)2)25-13-16(12-20(25)26)21(27)24-9-10-28-22(24)18-5-3-4-6-19(18)23/h3-8,11,16,22H,9-10,12-13H2,1-2H3. The molecule has 0 spiro atoms. The number of rotatable bonds is 3. The molecule has 2 aromatic carbocycles. The number of aryl methyl sites for hydroxylation is 2. The first-order chi connectivity index (χ1) is 13.5. The Labute approximate surface area is 174 Å². The largest absolute Gasteiger partial charge is 0.325 e. The van der Waals surface area contributed by atoms with Gasteiger partial charge in [0.2, 0.25) is 11.8 Å². The fraction of sp³-hybridized carbons (Fsp3) is 0.364. The molecule has 4 nitrogen and oxygen atoms in total. The number of halogens is 1. The number of hydrogen-bond acceptors (Lipinski definition) is 3. The molecule has 0 aromatic heterocycles. The maximum Gasteiger partial charge on any atom is 0.229 e. The highest BCUT2D eigenvalue weighted by Gasteiger charge is 2.41. The maximum atomic E-state index is 13.3. The van der Waals surface area contributed by atoms with Crippen molar-refractivity contribution in [3.8, 4) is 0 Å². The molecule has 0 radical (unpaired) electrons. The monoisotopic (exact) mass is 414 g/mol. The lowest BCUT2D eigenvalue weighted by Crippen LogP contribution is -2.37. The summed E-state index contributed by atoms with van der Waals surface area (Å²) in [4.78, 5) is 29.6. The van der Waals surface area contributed by atoms with Crippen LogP contribution in [0.4, 0.5) is 5.69 Å². The van der Waals surface area contributed by atoms with E-state index < -0.39 is 0 Å². The number of anilines is 1. The van der Waals surface area contributed by atoms with Crippen molar-refractivity contribution < 1.29 is 9.59 Å². The zero-order valence-corrected chi connectivity index (χ0v) is 17.6. The van der Waals surface area contributed by atoms with Crippen molar-refractivity contribution in [3.05, 3.63) is 64.2 Å². The third-order valence-electron chi connectivity index (χ3n) is 5.62. The third kappa shape index (κ3) is 3.53. The molecule has 146 valence electrons. The van der Waals surface area contributed by atoms with Gasteiger partial charge in [-0.25, -0.2) is 0 Å². The topological polar surface area (TPSA) is 40.6 Å². The van der Waals surface area contributed by atoms with Gasteiger partial charge < -0.3 is 9.80 Å². The van der Waals surface area contributed by atoms with Crippen LogP contribution in [0.5, 0.6) is 0 Å². The van der Waals surface area contributed by atoms with Crippen LogP contribution in [0.3, 0.4) is 0 Å². The second kappa shape index (κ2) is 7.80. The van der Waals surface area contributed by atoms with E-state index in [-0.39, 0.29) is 29.5 Å². The summed E-state index contributed by atoms with van der Waals surface area (Å²) < 4.78 is 0. The first-order valence-electron chi connectivity index (χ1n) is 9.50. The maximum absolute atomic E-state index is 13.3. The Hall–Kier alpha value is -1.98. The number of amides is 2. The highest BCUT2D eigenvalue weighted by atomic mass is 35.5. The molecule has 2 unspecified atom stereocenters. The van der Waals surface area contributed by atoms with Crippen molar-refractivity contribution in [3.63, 3.8) is 0 Å². The van der Waals surface area contributed by atoms with Gasteiger partial charge in [-0.2, -0.15) is 0 Å². The van der Waals surface area contributed by atoms with Crippen LogP contribution < -0.4 is 4.90 Å². The first-order valence-corrected chi connectivity index (χ1v) is 10.9. The highest BCUT2D eigenvalue weighted by molar-refractivity contribution is 7.99. The first kappa shape index (κ1) is 19.3. The quantitative estimate of drug-likeness (QED) is 0.737. The molecular formula is C22H23ClN2O2S. The number of benzene rings is 2. The van der Waals surface area contributed by atoms with Crippen molar-refractivity contribution in [2.24, 2.45) is 5.92 Å². The van der Waals surface area contributed by atoms with Gasteiger partial charge in [-0.15, -0.1) is 11.8 Å². The molecule has 2 aromatic rings. The van der Waals surface area contributed by atoms with E-state index in [0.717, 1.165) is 22.6 Å². The van der Waals surface area contributed by atoms with E-state index in [1.807, 2.05) is 54.3 Å². The molecule has 0 aliphatic carbocycles. The van der Waals surface area contributed by atoms with E-state index in [4.69, 9.17) is 11.6 Å². The Bertz CT molecular complexity index is 933. The predicted octanol–water partition coefficient (Wildman–Crippen LogP) is 4.58. The Morgan fingerprint density at radius 1 is 1.14 bits per heavy atom. The van der Waals surface area contributed by atoms with Gasteiger partial charge in [0, 0.05) is 41.5 Å². The number of carbonyl (C=O) groups is 2. The Morgan fingerprint density at radius 2 is 1.93 bits per heavy atom. The zero-order valence-electron chi connectivity index (χ0n) is 16.0. The van der Waals surface area contributed by atoms with Gasteiger partial charge in [-0.3, -0.25) is 9.59 Å². The van der Waals surface area contributed by atoms with Crippen molar-refractivity contribution in [1.82, 2.24) is 4.90 Å². The van der Waals surface area contributed by atoms with Crippen LogP contribution in [0.1, 0.15) is 28.5 Å². The molecule has 0 bridgehead atoms. The van der Waals surface area contributed by atoms with Crippen molar-refractivity contribution in [2.75, 3.05) is 23.7 Å². The van der Waals surface area contributed by atoms with Gasteiger partial charge in [0.15, 0.2) is 0 Å². The van der Waals surface area contributed by atoms with Crippen LogP contribution in [-0.4, -0.2) is 35.6 Å². The number of carbonyl (C=O) groups excluding carboxylic acids is 2. The average molecular weight is 415 g/mol. The van der Waals surface area contributed by atoms with Crippen molar-refractivity contribution in [2.45, 2.75) is 25.6 Å². The van der Waals surface area contributed by atoms with Crippen molar-refractivity contribution >= 4 is 40.9 Å². The van der Waals surface area contributed by atoms with E-state index in [1.54, 1.807) is 16.7 Å². The Kier molecular flexibility index (Phi) is 5.39. The summed E-state index contributed by atoms with van der Waals surface area (Å²) in [5, 5.41) is 0.603. The molecule has 2 aliphatic rings. The van der Waals surface area contributed by atoms with E-state index in [9.17, 15) is 9.59 Å². The van der Waals surface area contributed by atoms with E-state index in [0.29, 0.717) is 18.1 Å². The SMILES string of the molecule is Cc1ccc(N2CC(C(=O)N3CCSC3c3ccccc3Cl)CC2=O)cc1C. The second-order valence-electron chi connectivity index (χ2n) is 7.45. The summed E-state index contributed by atoms with van der Waals surface area (Å²) in [7, 11) is 0. The van der Waals surface area contributed by atoms with Gasteiger partial charge in [0.25, 0.3) is 0 Å². The molecule has 0 saturated carbocycles. The lowest BCUT2D eigenvalue weighted by atomic mass is 10.1. The van der Waals surface area contributed by atoms with E-state index >= 15 is 0 Å². The predicted molar refractivity (Wildman–Crippen MR) is 115 cm³/mol. The molecule has 2 heterocycles. The molecule has 2 saturated heterocycles. The smallest absolute Gasteiger partial charge is 0.229 e. The summed E-state index contributed by atoms with van der Waals surface area (Å²) in [5.41, 5.74) is 4.19. The molecule has 6 heteroatoms. The summed E-state index contributed by atoms with van der Waals surface area (Å²) in [6.07, 6.45) is 0.266. The third-order valence-corrected chi connectivity index (χ3v) is 7.21. The Morgan fingerprint density at radius 3 is 2.68 bits per heavy atom. The molecular weight excluding hydrogens is 392 g/mol. The summed E-state index contributed by atoms with van der Waals surface area (Å²) in [6, 6.07) is 13.7. The molecule has 2 fully saturated rings. The average Bonchev–Trinajstić information content (AvgIpc) is 3.31. The van der Waals surface area contributed by atoms with Gasteiger partial charge in [-0.1, -0.05) is 35.9 Å². The lowest BCUT2D eigenvalue weighted by molar-refractivity contribution is -0.136. The molecule has 2 amide bonds. The lowest BCUT2D eigenvalue weighted by Gasteiger charge is -2.27. The van der Waals surface area contributed by atoms with Gasteiger partial charge in [0.05, 0.1) is 5.92 Å². The summed E-state index contributed by atoms with van der Waals surface area (Å²) in [6.45, 7) is 5.22. The molecule has 4 rings (SSSR count). The number of thioether (sulfide) groups is 1. The summed E-state index contributed by atoms with van der Waals surface area (Å²) >= 11 is 8.10.